The van der Waals surface area contributed by atoms with E-state index in [4.69, 9.17) is 15.9 Å². The Balaban J connectivity index is 2.45. The summed E-state index contributed by atoms with van der Waals surface area (Å²) in [6.45, 7) is 10.8. The van der Waals surface area contributed by atoms with Crippen molar-refractivity contribution in [3.63, 3.8) is 0 Å². The summed E-state index contributed by atoms with van der Waals surface area (Å²) in [7, 11) is 1.55. The van der Waals surface area contributed by atoms with Gasteiger partial charge in [0.25, 0.3) is 11.8 Å². The molecular formula is C29H37N3O5. The van der Waals surface area contributed by atoms with Gasteiger partial charge in [-0.3, -0.25) is 14.5 Å². The van der Waals surface area contributed by atoms with Crippen LogP contribution in [0.3, 0.4) is 0 Å². The van der Waals surface area contributed by atoms with Gasteiger partial charge in [0.2, 0.25) is 0 Å². The van der Waals surface area contributed by atoms with Gasteiger partial charge in [0.1, 0.15) is 23.4 Å². The molecule has 0 saturated heterocycles. The molecule has 198 valence electrons. The zero-order chi connectivity index (χ0) is 27.8. The Morgan fingerprint density at radius 2 is 1.65 bits per heavy atom. The van der Waals surface area contributed by atoms with Gasteiger partial charge in [-0.1, -0.05) is 56.5 Å². The minimum atomic E-state index is -1.15. The monoisotopic (exact) mass is 507 g/mol. The Labute approximate surface area is 219 Å². The average Bonchev–Trinajstić information content (AvgIpc) is 2.85. The van der Waals surface area contributed by atoms with Crippen molar-refractivity contribution >= 4 is 23.6 Å². The van der Waals surface area contributed by atoms with Crippen LogP contribution in [-0.4, -0.2) is 41.6 Å². The summed E-state index contributed by atoms with van der Waals surface area (Å²) in [5.74, 6) is -0.726. The second kappa shape index (κ2) is 12.8. The molecule has 2 aromatic carbocycles. The summed E-state index contributed by atoms with van der Waals surface area (Å²) in [5, 5.41) is 5.50. The van der Waals surface area contributed by atoms with Gasteiger partial charge in [0.15, 0.2) is 0 Å². The van der Waals surface area contributed by atoms with Crippen molar-refractivity contribution in [2.24, 2.45) is 5.92 Å². The standard InChI is InChI=1S/C29H37N3O5/c1-9-20(4)24(31-28(35)37-29(5,6)7)27(34)32(10-2)25(21-13-11-19(3)12-14-21)26(33)30-22-15-17-23(36-8)18-16-22/h2,11-18,20,24-25H,9H2,1,3-8H3,(H,30,33)(H,31,35). The van der Waals surface area contributed by atoms with Gasteiger partial charge in [-0.15, -0.1) is 0 Å². The van der Waals surface area contributed by atoms with Crippen LogP contribution in [0, 0.1) is 25.3 Å². The third kappa shape index (κ3) is 8.28. The summed E-state index contributed by atoms with van der Waals surface area (Å²) in [5.41, 5.74) is 1.28. The van der Waals surface area contributed by atoms with E-state index in [0.717, 1.165) is 10.5 Å². The fourth-order valence-electron chi connectivity index (χ4n) is 3.58. The number of ether oxygens (including phenoxy) is 2. The predicted octanol–water partition coefficient (Wildman–Crippen LogP) is 5.04. The third-order valence-corrected chi connectivity index (χ3v) is 5.78. The third-order valence-electron chi connectivity index (χ3n) is 5.78. The van der Waals surface area contributed by atoms with Gasteiger partial charge < -0.3 is 20.1 Å². The van der Waals surface area contributed by atoms with Crippen molar-refractivity contribution in [3.05, 3.63) is 59.7 Å². The van der Waals surface area contributed by atoms with Crippen LogP contribution in [0.15, 0.2) is 48.5 Å². The molecule has 0 heterocycles. The molecule has 0 spiro atoms. The molecular weight excluding hydrogens is 470 g/mol. The first-order valence-corrected chi connectivity index (χ1v) is 12.2. The fourth-order valence-corrected chi connectivity index (χ4v) is 3.58. The molecule has 37 heavy (non-hydrogen) atoms. The number of methoxy groups -OCH3 is 1. The van der Waals surface area contributed by atoms with Crippen molar-refractivity contribution < 1.29 is 23.9 Å². The molecule has 0 aliphatic rings. The number of aryl methyl sites for hydroxylation is 1. The number of hydrogen-bond acceptors (Lipinski definition) is 5. The van der Waals surface area contributed by atoms with E-state index < -0.39 is 35.6 Å². The highest BCUT2D eigenvalue weighted by Crippen LogP contribution is 2.26. The largest absolute Gasteiger partial charge is 0.497 e. The van der Waals surface area contributed by atoms with E-state index in [-0.39, 0.29) is 5.92 Å². The Morgan fingerprint density at radius 3 is 2.14 bits per heavy atom. The highest BCUT2D eigenvalue weighted by atomic mass is 16.6. The molecule has 3 amide bonds. The van der Waals surface area contributed by atoms with Crippen molar-refractivity contribution in [1.82, 2.24) is 10.2 Å². The van der Waals surface area contributed by atoms with Gasteiger partial charge >= 0.3 is 6.09 Å². The molecule has 0 aliphatic heterocycles. The van der Waals surface area contributed by atoms with Gasteiger partial charge in [0, 0.05) is 11.7 Å². The lowest BCUT2D eigenvalue weighted by molar-refractivity contribution is -0.137. The Morgan fingerprint density at radius 1 is 1.05 bits per heavy atom. The van der Waals surface area contributed by atoms with E-state index in [1.165, 1.54) is 0 Å². The SMILES string of the molecule is C#CN(C(=O)C(NC(=O)OC(C)(C)C)C(C)CC)C(C(=O)Nc1ccc(OC)cc1)c1ccc(C)cc1. The van der Waals surface area contributed by atoms with Gasteiger partial charge in [-0.2, -0.15) is 0 Å². The van der Waals surface area contributed by atoms with Crippen LogP contribution in [0.2, 0.25) is 0 Å². The molecule has 0 fully saturated rings. The maximum Gasteiger partial charge on any atom is 0.408 e. The van der Waals surface area contributed by atoms with Crippen LogP contribution in [0.25, 0.3) is 0 Å². The summed E-state index contributed by atoms with van der Waals surface area (Å²) < 4.78 is 10.5. The number of anilines is 1. The first kappa shape index (κ1) is 29.2. The molecule has 2 aromatic rings. The van der Waals surface area contributed by atoms with Crippen molar-refractivity contribution in [2.75, 3.05) is 12.4 Å². The molecule has 0 saturated carbocycles. The molecule has 0 bridgehead atoms. The van der Waals surface area contributed by atoms with Gasteiger partial charge in [-0.05, 0) is 63.4 Å². The molecule has 3 atom stereocenters. The molecule has 0 aromatic heterocycles. The highest BCUT2D eigenvalue weighted by Gasteiger charge is 2.37. The van der Waals surface area contributed by atoms with Gasteiger partial charge in [0.05, 0.1) is 7.11 Å². The number of hydrogen-bond donors (Lipinski definition) is 2. The number of carbonyl (C=O) groups is 3. The first-order chi connectivity index (χ1) is 17.4. The molecule has 2 rings (SSSR count). The molecule has 3 unspecified atom stereocenters. The lowest BCUT2D eigenvalue weighted by Crippen LogP contribution is -2.53. The summed E-state index contributed by atoms with van der Waals surface area (Å²) in [6.07, 6.45) is 5.68. The number of benzene rings is 2. The Kier molecular flexibility index (Phi) is 10.1. The van der Waals surface area contributed by atoms with E-state index in [9.17, 15) is 14.4 Å². The zero-order valence-electron chi connectivity index (χ0n) is 22.6. The number of rotatable bonds is 9. The number of alkyl carbamates (subject to hydrolysis) is 1. The predicted molar refractivity (Wildman–Crippen MR) is 144 cm³/mol. The fraction of sp³-hybridized carbons (Fsp3) is 0.414. The minimum absolute atomic E-state index is 0.279. The molecule has 0 radical (unpaired) electrons. The second-order valence-corrected chi connectivity index (χ2v) is 9.88. The van der Waals surface area contributed by atoms with Crippen LogP contribution in [0.1, 0.15) is 58.2 Å². The van der Waals surface area contributed by atoms with E-state index in [2.05, 4.69) is 16.7 Å². The zero-order valence-corrected chi connectivity index (χ0v) is 22.6. The normalized spacial score (nSPS) is 13.4. The Hall–Kier alpha value is -3.99. The van der Waals surface area contributed by atoms with E-state index in [1.807, 2.05) is 32.9 Å². The quantitative estimate of drug-likeness (QED) is 0.366. The van der Waals surface area contributed by atoms with Crippen LogP contribution < -0.4 is 15.4 Å². The van der Waals surface area contributed by atoms with E-state index >= 15 is 0 Å². The summed E-state index contributed by atoms with van der Waals surface area (Å²) in [6, 6.07) is 14.2. The topological polar surface area (TPSA) is 97.0 Å². The molecule has 8 heteroatoms. The highest BCUT2D eigenvalue weighted by molar-refractivity contribution is 5.99. The number of nitrogens with zero attached hydrogens (tertiary/aromatic N) is 1. The van der Waals surface area contributed by atoms with Crippen molar-refractivity contribution in [2.45, 2.75) is 65.6 Å². The summed E-state index contributed by atoms with van der Waals surface area (Å²) in [4.78, 5) is 41.0. The average molecular weight is 508 g/mol. The minimum Gasteiger partial charge on any atom is -0.497 e. The maximum atomic E-state index is 13.8. The van der Waals surface area contributed by atoms with Gasteiger partial charge in [-0.25, -0.2) is 4.79 Å². The number of carbonyl (C=O) groups excluding carboxylic acids is 3. The molecule has 0 aliphatic carbocycles. The lowest BCUT2D eigenvalue weighted by Gasteiger charge is -2.32. The van der Waals surface area contributed by atoms with Crippen LogP contribution in [-0.2, 0) is 14.3 Å². The Bertz CT molecular complexity index is 1110. The van der Waals surface area contributed by atoms with Crippen LogP contribution in [0.4, 0.5) is 10.5 Å². The van der Waals surface area contributed by atoms with Crippen LogP contribution >= 0.6 is 0 Å². The maximum absolute atomic E-state index is 13.8. The molecule has 8 nitrogen and oxygen atoms in total. The lowest BCUT2D eigenvalue weighted by atomic mass is 9.96. The number of terminal acetylenes is 1. The van der Waals surface area contributed by atoms with Crippen molar-refractivity contribution in [1.29, 1.82) is 0 Å². The number of nitrogens with one attached hydrogen (secondary N) is 2. The number of amides is 3. The first-order valence-electron chi connectivity index (χ1n) is 12.2. The smallest absolute Gasteiger partial charge is 0.408 e. The van der Waals surface area contributed by atoms with Crippen LogP contribution in [0.5, 0.6) is 5.75 Å². The second-order valence-electron chi connectivity index (χ2n) is 9.88. The van der Waals surface area contributed by atoms with E-state index in [0.29, 0.717) is 23.4 Å². The summed E-state index contributed by atoms with van der Waals surface area (Å²) >= 11 is 0. The van der Waals surface area contributed by atoms with Crippen molar-refractivity contribution in [3.8, 4) is 18.2 Å². The molecule has 2 N–H and O–H groups in total. The van der Waals surface area contributed by atoms with E-state index in [1.54, 1.807) is 64.3 Å².